The van der Waals surface area contributed by atoms with Crippen molar-refractivity contribution >= 4 is 16.8 Å². The van der Waals surface area contributed by atoms with Gasteiger partial charge in [-0.15, -0.1) is 0 Å². The van der Waals surface area contributed by atoms with Gasteiger partial charge in [-0.05, 0) is 50.1 Å². The Kier molecular flexibility index (Phi) is 4.89. The molecule has 1 aliphatic carbocycles. The number of carbonyl (C=O) groups is 1. The molecule has 2 aliphatic rings. The molecule has 1 spiro atoms. The lowest BCUT2D eigenvalue weighted by Crippen LogP contribution is -2.48. The number of hydrogen-bond acceptors (Lipinski definition) is 3. The minimum absolute atomic E-state index is 0.0380. The van der Waals surface area contributed by atoms with Crippen molar-refractivity contribution in [3.63, 3.8) is 0 Å². The van der Waals surface area contributed by atoms with Crippen LogP contribution in [0.15, 0.2) is 24.3 Å². The third kappa shape index (κ3) is 3.12. The van der Waals surface area contributed by atoms with Gasteiger partial charge in [-0.3, -0.25) is 4.79 Å². The van der Waals surface area contributed by atoms with Crippen molar-refractivity contribution in [2.75, 3.05) is 20.2 Å². The van der Waals surface area contributed by atoms with Crippen LogP contribution >= 0.6 is 0 Å². The number of hydrogen-bond donors (Lipinski definition) is 1. The fraction of sp³-hybridized carbons (Fsp3) is 0.591. The zero-order valence-electron chi connectivity index (χ0n) is 16.8. The molecular weight excluding hydrogens is 338 g/mol. The highest BCUT2D eigenvalue weighted by Crippen LogP contribution is 2.42. The van der Waals surface area contributed by atoms with Crippen LogP contribution in [-0.2, 0) is 7.05 Å². The molecule has 5 nitrogen and oxygen atoms in total. The minimum atomic E-state index is 0.0380. The third-order valence-corrected chi connectivity index (χ3v) is 6.59. The van der Waals surface area contributed by atoms with Gasteiger partial charge in [0.05, 0.1) is 7.11 Å². The van der Waals surface area contributed by atoms with Gasteiger partial charge >= 0.3 is 0 Å². The summed E-state index contributed by atoms with van der Waals surface area (Å²) in [6.45, 7) is 3.92. The van der Waals surface area contributed by atoms with Crippen LogP contribution in [0.1, 0.15) is 55.9 Å². The average Bonchev–Trinajstić information content (AvgIpc) is 3.19. The SMILES string of the molecule is CCN[C@H]1CN(C(=O)c2cc3cc(OC)ccc3n2C)C2(CCCCC2)C1. The summed E-state index contributed by atoms with van der Waals surface area (Å²) in [7, 11) is 3.67. The van der Waals surface area contributed by atoms with Gasteiger partial charge < -0.3 is 19.5 Å². The van der Waals surface area contributed by atoms with Crippen LogP contribution in [0.4, 0.5) is 0 Å². The van der Waals surface area contributed by atoms with E-state index in [0.29, 0.717) is 6.04 Å². The predicted molar refractivity (Wildman–Crippen MR) is 108 cm³/mol. The molecule has 4 rings (SSSR count). The number of carbonyl (C=O) groups excluding carboxylic acids is 1. The summed E-state index contributed by atoms with van der Waals surface area (Å²) in [6.07, 6.45) is 7.12. The number of ether oxygens (including phenoxy) is 1. The molecule has 1 aliphatic heterocycles. The number of aromatic nitrogens is 1. The van der Waals surface area contributed by atoms with Gasteiger partial charge in [0.15, 0.2) is 0 Å². The molecule has 1 aromatic carbocycles. The van der Waals surface area contributed by atoms with E-state index in [2.05, 4.69) is 17.1 Å². The minimum Gasteiger partial charge on any atom is -0.497 e. The monoisotopic (exact) mass is 369 g/mol. The fourth-order valence-corrected chi connectivity index (χ4v) is 5.25. The van der Waals surface area contributed by atoms with Gasteiger partial charge in [-0.25, -0.2) is 0 Å². The zero-order chi connectivity index (χ0) is 19.0. The average molecular weight is 370 g/mol. The number of rotatable bonds is 4. The van der Waals surface area contributed by atoms with E-state index in [-0.39, 0.29) is 11.4 Å². The van der Waals surface area contributed by atoms with Crippen LogP contribution < -0.4 is 10.1 Å². The van der Waals surface area contributed by atoms with E-state index in [0.717, 1.165) is 54.7 Å². The topological polar surface area (TPSA) is 46.5 Å². The molecule has 1 aromatic heterocycles. The third-order valence-electron chi connectivity index (χ3n) is 6.59. The van der Waals surface area contributed by atoms with Crippen LogP contribution in [0, 0.1) is 0 Å². The van der Waals surface area contributed by atoms with Crippen molar-refractivity contribution in [3.8, 4) is 5.75 Å². The summed E-state index contributed by atoms with van der Waals surface area (Å²) in [5, 5.41) is 4.65. The Morgan fingerprint density at radius 3 is 2.74 bits per heavy atom. The molecule has 2 fully saturated rings. The highest BCUT2D eigenvalue weighted by Gasteiger charge is 2.48. The van der Waals surface area contributed by atoms with Crippen LogP contribution in [0.2, 0.25) is 0 Å². The first-order chi connectivity index (χ1) is 13.1. The fourth-order valence-electron chi connectivity index (χ4n) is 5.25. The van der Waals surface area contributed by atoms with E-state index in [1.54, 1.807) is 7.11 Å². The quantitative estimate of drug-likeness (QED) is 0.894. The van der Waals surface area contributed by atoms with E-state index in [9.17, 15) is 4.79 Å². The number of fused-ring (bicyclic) bond motifs is 1. The standard InChI is InChI=1S/C22H31N3O2/c1-4-23-17-14-22(10-6-5-7-11-22)25(15-17)21(26)20-13-16-12-18(27-3)8-9-19(16)24(20)2/h8-9,12-13,17,23H,4-7,10-11,14-15H2,1-3H3/t17-/m1/s1. The summed E-state index contributed by atoms with van der Waals surface area (Å²) < 4.78 is 7.39. The van der Waals surface area contributed by atoms with Crippen LogP contribution in [0.5, 0.6) is 5.75 Å². The smallest absolute Gasteiger partial charge is 0.271 e. The molecule has 1 saturated heterocycles. The number of amides is 1. The van der Waals surface area contributed by atoms with E-state index in [1.807, 2.05) is 35.9 Å². The van der Waals surface area contributed by atoms with Crippen LogP contribution in [0.25, 0.3) is 10.9 Å². The molecule has 0 unspecified atom stereocenters. The van der Waals surface area contributed by atoms with Gasteiger partial charge in [0.1, 0.15) is 11.4 Å². The molecule has 27 heavy (non-hydrogen) atoms. The Balaban J connectivity index is 1.69. The summed E-state index contributed by atoms with van der Waals surface area (Å²) in [4.78, 5) is 15.9. The lowest BCUT2D eigenvalue weighted by Gasteiger charge is -2.41. The second-order valence-electron chi connectivity index (χ2n) is 8.17. The molecule has 5 heteroatoms. The van der Waals surface area contributed by atoms with Crippen LogP contribution in [0.3, 0.4) is 0 Å². The Morgan fingerprint density at radius 2 is 2.04 bits per heavy atom. The first kappa shape index (κ1) is 18.4. The number of likely N-dealkylation sites (tertiary alicyclic amines) is 1. The maximum absolute atomic E-state index is 13.7. The van der Waals surface area contributed by atoms with Gasteiger partial charge in [-0.2, -0.15) is 0 Å². The molecule has 1 N–H and O–H groups in total. The molecule has 146 valence electrons. The molecule has 2 heterocycles. The highest BCUT2D eigenvalue weighted by atomic mass is 16.5. The Labute approximate surface area is 161 Å². The van der Waals surface area contributed by atoms with Crippen molar-refractivity contribution < 1.29 is 9.53 Å². The van der Waals surface area contributed by atoms with Crippen molar-refractivity contribution in [1.82, 2.24) is 14.8 Å². The second kappa shape index (κ2) is 7.19. The van der Waals surface area contributed by atoms with E-state index in [1.165, 1.54) is 19.3 Å². The molecule has 1 saturated carbocycles. The Bertz CT molecular complexity index is 835. The summed E-state index contributed by atoms with van der Waals surface area (Å²) >= 11 is 0. The van der Waals surface area contributed by atoms with Crippen molar-refractivity contribution in [2.24, 2.45) is 7.05 Å². The van der Waals surface area contributed by atoms with Gasteiger partial charge in [-0.1, -0.05) is 26.2 Å². The lowest BCUT2D eigenvalue weighted by atomic mass is 9.79. The number of methoxy groups -OCH3 is 1. The normalized spacial score (nSPS) is 21.9. The first-order valence-corrected chi connectivity index (χ1v) is 10.3. The summed E-state index contributed by atoms with van der Waals surface area (Å²) in [5.74, 6) is 0.999. The molecule has 0 bridgehead atoms. The maximum atomic E-state index is 13.7. The zero-order valence-corrected chi connectivity index (χ0v) is 16.8. The Hall–Kier alpha value is -2.01. The highest BCUT2D eigenvalue weighted by molar-refractivity contribution is 5.99. The lowest BCUT2D eigenvalue weighted by molar-refractivity contribution is 0.0491. The Morgan fingerprint density at radius 1 is 1.26 bits per heavy atom. The molecule has 0 radical (unpaired) electrons. The first-order valence-electron chi connectivity index (χ1n) is 10.3. The van der Waals surface area contributed by atoms with Gasteiger partial charge in [0, 0.05) is 36.1 Å². The number of likely N-dealkylation sites (N-methyl/N-ethyl adjacent to an activating group) is 1. The largest absolute Gasteiger partial charge is 0.497 e. The van der Waals surface area contributed by atoms with Crippen molar-refractivity contribution in [3.05, 3.63) is 30.0 Å². The van der Waals surface area contributed by atoms with Crippen LogP contribution in [-0.4, -0.2) is 47.2 Å². The van der Waals surface area contributed by atoms with E-state index >= 15 is 0 Å². The molecule has 1 atom stereocenters. The summed E-state index contributed by atoms with van der Waals surface area (Å²) in [6, 6.07) is 8.43. The van der Waals surface area contributed by atoms with Gasteiger partial charge in [0.25, 0.3) is 5.91 Å². The number of nitrogens with one attached hydrogen (secondary N) is 1. The van der Waals surface area contributed by atoms with Crippen molar-refractivity contribution in [1.29, 1.82) is 0 Å². The van der Waals surface area contributed by atoms with E-state index in [4.69, 9.17) is 4.74 Å². The van der Waals surface area contributed by atoms with Gasteiger partial charge in [0.2, 0.25) is 0 Å². The summed E-state index contributed by atoms with van der Waals surface area (Å²) in [5.41, 5.74) is 1.88. The number of benzene rings is 1. The molecular formula is C22H31N3O2. The second-order valence-corrected chi connectivity index (χ2v) is 8.17. The predicted octanol–water partition coefficient (Wildman–Crippen LogP) is 3.71. The van der Waals surface area contributed by atoms with Crippen molar-refractivity contribution in [2.45, 2.75) is 57.0 Å². The number of nitrogens with zero attached hydrogens (tertiary/aromatic N) is 2. The maximum Gasteiger partial charge on any atom is 0.271 e. The molecule has 2 aromatic rings. The molecule has 1 amide bonds. The van der Waals surface area contributed by atoms with E-state index < -0.39 is 0 Å². The number of aryl methyl sites for hydroxylation is 1.